The van der Waals surface area contributed by atoms with Gasteiger partial charge in [0.1, 0.15) is 0 Å². The number of fused-ring (bicyclic) bond motifs is 1. The van der Waals surface area contributed by atoms with Crippen LogP contribution in [0.2, 0.25) is 0 Å². The van der Waals surface area contributed by atoms with Crippen molar-refractivity contribution >= 4 is 18.0 Å². The molecule has 2 rings (SSSR count). The van der Waals surface area contributed by atoms with E-state index in [1.165, 1.54) is 0 Å². The van der Waals surface area contributed by atoms with Crippen molar-refractivity contribution in [2.24, 2.45) is 0 Å². The largest absolute Gasteiger partial charge is 0.284 e. The van der Waals surface area contributed by atoms with E-state index in [0.717, 1.165) is 11.3 Å². The molecule has 10 heavy (non-hydrogen) atoms. The lowest BCUT2D eigenvalue weighted by Gasteiger charge is -1.89. The molecule has 1 nitrogen and oxygen atoms in total. The van der Waals surface area contributed by atoms with Gasteiger partial charge in [-0.05, 0) is 12.1 Å². The molecule has 0 saturated carbocycles. The van der Waals surface area contributed by atoms with Crippen molar-refractivity contribution in [3.63, 3.8) is 0 Å². The molecule has 1 aliphatic rings. The van der Waals surface area contributed by atoms with Crippen LogP contribution in [0.15, 0.2) is 24.3 Å². The first-order valence-corrected chi connectivity index (χ1v) is 3.18. The highest BCUT2D eigenvalue weighted by molar-refractivity contribution is 5.85. The van der Waals surface area contributed by atoms with Gasteiger partial charge in [0, 0.05) is 12.1 Å². The number of benzene rings is 1. The number of hydrogen-bond acceptors (Lipinski definition) is 1. The zero-order valence-electron chi connectivity index (χ0n) is 5.41. The van der Waals surface area contributed by atoms with Gasteiger partial charge in [0.05, 0.1) is 10.6 Å². The smallest absolute Gasteiger partial charge is 0.0547 e. The van der Waals surface area contributed by atoms with E-state index in [4.69, 9.17) is 0 Å². The van der Waals surface area contributed by atoms with Crippen molar-refractivity contribution in [3.05, 3.63) is 35.9 Å². The molecule has 2 radical (unpaired) electrons. The van der Waals surface area contributed by atoms with E-state index in [-0.39, 0.29) is 0 Å². The predicted molar refractivity (Wildman–Crippen MR) is 42.2 cm³/mol. The molecule has 1 aromatic rings. The molecule has 0 atom stereocenters. The second-order valence-corrected chi connectivity index (χ2v) is 2.11. The van der Waals surface area contributed by atoms with E-state index < -0.39 is 0 Å². The Bertz CT molecular complexity index is 266. The molecule has 1 heteroatoms. The molecular weight excluding hydrogens is 122 g/mol. The van der Waals surface area contributed by atoms with Crippen LogP contribution in [0.1, 0.15) is 5.56 Å². The molecule has 1 aliphatic heterocycles. The molecule has 0 aliphatic carbocycles. The number of aliphatic imine (C=N–C) groups is 1. The van der Waals surface area contributed by atoms with Crippen molar-refractivity contribution < 1.29 is 0 Å². The highest BCUT2D eigenvalue weighted by Crippen LogP contribution is 2.15. The van der Waals surface area contributed by atoms with Crippen LogP contribution in [-0.2, 0) is 0 Å². The molecule has 0 aromatic heterocycles. The maximum Gasteiger partial charge on any atom is 0.284 e. The fourth-order valence-electron chi connectivity index (χ4n) is 0.950. The Morgan fingerprint density at radius 2 is 2.40 bits per heavy atom. The van der Waals surface area contributed by atoms with E-state index in [9.17, 15) is 0 Å². The lowest BCUT2D eigenvalue weighted by Crippen LogP contribution is -1.90. The van der Waals surface area contributed by atoms with Crippen LogP contribution < -0.4 is 4.99 Å². The van der Waals surface area contributed by atoms with Gasteiger partial charge in [0.2, 0.25) is 6.21 Å². The third-order valence-corrected chi connectivity index (χ3v) is 1.43. The maximum absolute atomic E-state index is 4.15. The molecule has 0 spiro atoms. The molecule has 0 unspecified atom stereocenters. The van der Waals surface area contributed by atoms with Crippen molar-refractivity contribution in [3.8, 4) is 0 Å². The lowest BCUT2D eigenvalue weighted by atomic mass is 10.1. The van der Waals surface area contributed by atoms with Gasteiger partial charge in [-0.25, -0.2) is 0 Å². The van der Waals surface area contributed by atoms with E-state index in [2.05, 4.69) is 11.1 Å². The van der Waals surface area contributed by atoms with Crippen LogP contribution >= 0.6 is 0 Å². The van der Waals surface area contributed by atoms with Gasteiger partial charge in [-0.3, -0.25) is 0 Å². The Hall–Kier alpha value is -1.37. The second-order valence-electron chi connectivity index (χ2n) is 2.11. The summed E-state index contributed by atoms with van der Waals surface area (Å²) in [5.41, 5.74) is 2.08. The molecule has 1 heterocycles. The van der Waals surface area contributed by atoms with Crippen LogP contribution in [0.5, 0.6) is 0 Å². The Morgan fingerprint density at radius 3 is 3.30 bits per heavy atom. The summed E-state index contributed by atoms with van der Waals surface area (Å²) in [6, 6.07) is 8.90. The molecule has 46 valence electrons. The Labute approximate surface area is 59.7 Å². The summed E-state index contributed by atoms with van der Waals surface area (Å²) < 4.78 is 0. The second kappa shape index (κ2) is 2.10. The van der Waals surface area contributed by atoms with Crippen molar-refractivity contribution in [1.82, 2.24) is 4.99 Å². The summed E-state index contributed by atoms with van der Waals surface area (Å²) >= 11 is 0. The van der Waals surface area contributed by atoms with Gasteiger partial charge in [-0.15, -0.1) is 0 Å². The summed E-state index contributed by atoms with van der Waals surface area (Å²) in [6.45, 7) is 0. The summed E-state index contributed by atoms with van der Waals surface area (Å²) in [4.78, 5) is 4.15. The van der Waals surface area contributed by atoms with E-state index in [0.29, 0.717) is 0 Å². The Morgan fingerprint density at radius 1 is 1.40 bits per heavy atom. The number of rotatable bonds is 0. The average Bonchev–Trinajstić information content (AvgIpc) is 2.05. The fourth-order valence-corrected chi connectivity index (χ4v) is 0.950. The van der Waals surface area contributed by atoms with Gasteiger partial charge in [0.25, 0.3) is 5.69 Å². The van der Waals surface area contributed by atoms with E-state index >= 15 is 0 Å². The molecule has 0 N–H and O–H groups in total. The van der Waals surface area contributed by atoms with Gasteiger partial charge in [0.15, 0.2) is 0 Å². The zero-order chi connectivity index (χ0) is 6.81. The Kier molecular flexibility index (Phi) is 1.14. The minimum Gasteiger partial charge on any atom is -0.0547 e. The van der Waals surface area contributed by atoms with E-state index in [1.807, 2.05) is 30.4 Å². The highest BCUT2D eigenvalue weighted by atomic mass is 14.7. The predicted octanol–water partition coefficient (Wildman–Crippen LogP) is 1.55. The first kappa shape index (κ1) is 5.42. The normalized spacial score (nSPS) is 13.2. The summed E-state index contributed by atoms with van der Waals surface area (Å²) in [5, 5.41) is 0. The SMILES string of the molecule is [c]1cccc2c1C=CC=[N+]2. The molecule has 0 saturated heterocycles. The van der Waals surface area contributed by atoms with Gasteiger partial charge in [-0.2, -0.15) is 0 Å². The van der Waals surface area contributed by atoms with Gasteiger partial charge < -0.3 is 0 Å². The molecule has 0 bridgehead atoms. The van der Waals surface area contributed by atoms with Crippen LogP contribution in [0.4, 0.5) is 5.69 Å². The summed E-state index contributed by atoms with van der Waals surface area (Å²) in [6.07, 6.45) is 5.71. The Balaban J connectivity index is 2.65. The number of hydrogen-bond donors (Lipinski definition) is 0. The monoisotopic (exact) mass is 128 g/mol. The fraction of sp³-hybridized carbons (Fsp3) is 0. The highest BCUT2D eigenvalue weighted by Gasteiger charge is 2.08. The van der Waals surface area contributed by atoms with Crippen LogP contribution in [0.3, 0.4) is 0 Å². The van der Waals surface area contributed by atoms with Gasteiger partial charge in [-0.1, -0.05) is 12.1 Å². The third kappa shape index (κ3) is 0.760. The lowest BCUT2D eigenvalue weighted by molar-refractivity contribution is 1.37. The van der Waals surface area contributed by atoms with Gasteiger partial charge >= 0.3 is 0 Å². The maximum atomic E-state index is 4.15. The van der Waals surface area contributed by atoms with Crippen LogP contribution in [0.25, 0.3) is 6.08 Å². The molecule has 1 aromatic carbocycles. The first-order chi connectivity index (χ1) is 4.97. The summed E-state index contributed by atoms with van der Waals surface area (Å²) in [7, 11) is 0. The third-order valence-electron chi connectivity index (χ3n) is 1.43. The standard InChI is InChI=1S/C9H6N/c1-2-6-9-8(4-1)5-3-7-10-9/h1-3,5-7H/q+1. The number of allylic oxidation sites excluding steroid dienone is 1. The minimum atomic E-state index is 1.00. The van der Waals surface area contributed by atoms with Crippen molar-refractivity contribution in [1.29, 1.82) is 0 Å². The molecular formula is C9H6N+. The van der Waals surface area contributed by atoms with Crippen molar-refractivity contribution in [2.45, 2.75) is 0 Å². The van der Waals surface area contributed by atoms with Crippen LogP contribution in [-0.4, -0.2) is 6.21 Å². The van der Waals surface area contributed by atoms with Crippen molar-refractivity contribution in [2.75, 3.05) is 0 Å². The topological polar surface area (TPSA) is 14.1 Å². The molecule has 0 amide bonds. The number of nitrogens with zero attached hydrogens (tertiary/aromatic N) is 1. The minimum absolute atomic E-state index is 1.00. The van der Waals surface area contributed by atoms with E-state index in [1.54, 1.807) is 6.21 Å². The van der Waals surface area contributed by atoms with Crippen LogP contribution in [0, 0.1) is 6.07 Å². The zero-order valence-corrected chi connectivity index (χ0v) is 5.41. The first-order valence-electron chi connectivity index (χ1n) is 3.18. The quantitative estimate of drug-likeness (QED) is 0.503. The average molecular weight is 128 g/mol. The summed E-state index contributed by atoms with van der Waals surface area (Å²) in [5.74, 6) is 0. The molecule has 0 fully saturated rings.